The van der Waals surface area contributed by atoms with Crippen LogP contribution in [-0.2, 0) is 0 Å². The molecule has 10 heavy (non-hydrogen) atoms. The average Bonchev–Trinajstić information content (AvgIpc) is 1.94. The zero-order valence-electron chi connectivity index (χ0n) is 7.44. The zero-order chi connectivity index (χ0) is 7.99. The van der Waals surface area contributed by atoms with Gasteiger partial charge in [0.1, 0.15) is 0 Å². The van der Waals surface area contributed by atoms with E-state index in [1.54, 1.807) is 0 Å². The molecule has 0 saturated carbocycles. The van der Waals surface area contributed by atoms with Gasteiger partial charge in [-0.25, -0.2) is 0 Å². The van der Waals surface area contributed by atoms with Crippen molar-refractivity contribution >= 4 is 0 Å². The number of nitrogens with zero attached hydrogens (tertiary/aromatic N) is 1. The minimum absolute atomic E-state index is 0.118. The van der Waals surface area contributed by atoms with Gasteiger partial charge in [0.25, 0.3) is 0 Å². The van der Waals surface area contributed by atoms with E-state index in [-0.39, 0.29) is 11.1 Å². The summed E-state index contributed by atoms with van der Waals surface area (Å²) in [5, 5.41) is 0. The second kappa shape index (κ2) is 1.95. The lowest BCUT2D eigenvalue weighted by Crippen LogP contribution is -2.55. The molecule has 0 aromatic heterocycles. The van der Waals surface area contributed by atoms with Gasteiger partial charge in [-0.2, -0.15) is 0 Å². The molecule has 0 aliphatic carbocycles. The van der Waals surface area contributed by atoms with Gasteiger partial charge in [0.05, 0.1) is 5.66 Å². The van der Waals surface area contributed by atoms with Crippen molar-refractivity contribution < 1.29 is 0 Å². The van der Waals surface area contributed by atoms with Gasteiger partial charge in [-0.15, -0.1) is 0 Å². The monoisotopic (exact) mass is 142 g/mol. The first-order valence-corrected chi connectivity index (χ1v) is 3.88. The summed E-state index contributed by atoms with van der Waals surface area (Å²) in [5.41, 5.74) is 6.27. The Morgan fingerprint density at radius 2 is 1.80 bits per heavy atom. The first-order chi connectivity index (χ1) is 4.38. The molecule has 0 bridgehead atoms. The summed E-state index contributed by atoms with van der Waals surface area (Å²) < 4.78 is 0. The third-order valence-electron chi connectivity index (χ3n) is 3.24. The fourth-order valence-corrected chi connectivity index (χ4v) is 1.45. The molecule has 0 radical (unpaired) electrons. The van der Waals surface area contributed by atoms with Crippen LogP contribution in [0.4, 0.5) is 0 Å². The third-order valence-corrected chi connectivity index (χ3v) is 3.24. The Morgan fingerprint density at radius 1 is 1.30 bits per heavy atom. The van der Waals surface area contributed by atoms with Crippen molar-refractivity contribution in [2.24, 2.45) is 11.1 Å². The number of hydrogen-bond acceptors (Lipinski definition) is 2. The summed E-state index contributed by atoms with van der Waals surface area (Å²) in [5.74, 6) is 0. The van der Waals surface area contributed by atoms with E-state index in [2.05, 4.69) is 32.7 Å². The van der Waals surface area contributed by atoms with Gasteiger partial charge >= 0.3 is 0 Å². The van der Waals surface area contributed by atoms with Crippen LogP contribution in [0.5, 0.6) is 0 Å². The van der Waals surface area contributed by atoms with Crippen LogP contribution in [0.1, 0.15) is 27.2 Å². The van der Waals surface area contributed by atoms with E-state index in [0.29, 0.717) is 0 Å². The molecule has 1 saturated heterocycles. The van der Waals surface area contributed by atoms with Crippen molar-refractivity contribution in [3.05, 3.63) is 0 Å². The molecule has 0 amide bonds. The van der Waals surface area contributed by atoms with E-state index in [4.69, 9.17) is 5.73 Å². The van der Waals surface area contributed by atoms with Crippen LogP contribution in [-0.4, -0.2) is 24.2 Å². The summed E-state index contributed by atoms with van der Waals surface area (Å²) in [6, 6.07) is 0. The van der Waals surface area contributed by atoms with Crippen molar-refractivity contribution in [2.45, 2.75) is 32.9 Å². The Labute approximate surface area is 63.4 Å². The Morgan fingerprint density at radius 3 is 1.90 bits per heavy atom. The Hall–Kier alpha value is -0.0800. The molecule has 1 aliphatic heterocycles. The number of nitrogens with two attached hydrogens (primary N) is 1. The highest BCUT2D eigenvalue weighted by Gasteiger charge is 2.45. The average molecular weight is 142 g/mol. The van der Waals surface area contributed by atoms with Crippen molar-refractivity contribution in [2.75, 3.05) is 13.6 Å². The standard InChI is InChI=1S/C8H18N2/c1-7(2)5-6-10(4)8(7,3)9/h5-6,9H2,1-4H3. The normalized spacial score (nSPS) is 40.5. The van der Waals surface area contributed by atoms with E-state index in [9.17, 15) is 0 Å². The Kier molecular flexibility index (Phi) is 1.57. The van der Waals surface area contributed by atoms with Crippen molar-refractivity contribution in [3.63, 3.8) is 0 Å². The van der Waals surface area contributed by atoms with Gasteiger partial charge in [0.15, 0.2) is 0 Å². The SMILES string of the molecule is CN1CCC(C)(C)C1(C)N. The second-order valence-electron chi connectivity index (χ2n) is 4.20. The van der Waals surface area contributed by atoms with E-state index >= 15 is 0 Å². The molecular formula is C8H18N2. The number of rotatable bonds is 0. The van der Waals surface area contributed by atoms with Crippen LogP contribution in [0.25, 0.3) is 0 Å². The summed E-state index contributed by atoms with van der Waals surface area (Å²) in [6.07, 6.45) is 1.20. The van der Waals surface area contributed by atoms with Crippen LogP contribution >= 0.6 is 0 Å². The molecule has 1 fully saturated rings. The topological polar surface area (TPSA) is 29.3 Å². The van der Waals surface area contributed by atoms with E-state index in [1.807, 2.05) is 0 Å². The second-order valence-corrected chi connectivity index (χ2v) is 4.20. The summed E-state index contributed by atoms with van der Waals surface area (Å²) in [7, 11) is 2.09. The van der Waals surface area contributed by atoms with Crippen LogP contribution in [0, 0.1) is 5.41 Å². The summed E-state index contributed by atoms with van der Waals surface area (Å²) in [6.45, 7) is 7.70. The van der Waals surface area contributed by atoms with E-state index in [1.165, 1.54) is 6.42 Å². The van der Waals surface area contributed by atoms with Crippen molar-refractivity contribution in [1.82, 2.24) is 4.90 Å². The molecule has 2 N–H and O–H groups in total. The van der Waals surface area contributed by atoms with E-state index < -0.39 is 0 Å². The molecule has 0 aromatic carbocycles. The van der Waals surface area contributed by atoms with Crippen LogP contribution in [0.3, 0.4) is 0 Å². The third kappa shape index (κ3) is 0.867. The minimum Gasteiger partial charge on any atom is -0.313 e. The summed E-state index contributed by atoms with van der Waals surface area (Å²) in [4.78, 5) is 2.23. The Bertz CT molecular complexity index is 138. The molecule has 2 heteroatoms. The van der Waals surface area contributed by atoms with Gasteiger partial charge < -0.3 is 5.73 Å². The smallest absolute Gasteiger partial charge is 0.0708 e. The lowest BCUT2D eigenvalue weighted by Gasteiger charge is -2.38. The maximum Gasteiger partial charge on any atom is 0.0708 e. The number of hydrogen-bond donors (Lipinski definition) is 1. The first kappa shape index (κ1) is 8.02. The van der Waals surface area contributed by atoms with Crippen molar-refractivity contribution in [3.8, 4) is 0 Å². The molecule has 1 aliphatic rings. The highest BCUT2D eigenvalue weighted by atomic mass is 15.3. The van der Waals surface area contributed by atoms with Gasteiger partial charge in [-0.3, -0.25) is 4.90 Å². The molecule has 0 spiro atoms. The molecule has 1 heterocycles. The minimum atomic E-state index is -0.118. The molecule has 1 rings (SSSR count). The highest BCUT2D eigenvalue weighted by molar-refractivity contribution is 4.98. The molecule has 2 nitrogen and oxygen atoms in total. The van der Waals surface area contributed by atoms with Gasteiger partial charge in [-0.1, -0.05) is 13.8 Å². The lowest BCUT2D eigenvalue weighted by atomic mass is 9.81. The largest absolute Gasteiger partial charge is 0.313 e. The lowest BCUT2D eigenvalue weighted by molar-refractivity contribution is 0.103. The van der Waals surface area contributed by atoms with Crippen LogP contribution in [0.15, 0.2) is 0 Å². The molecule has 60 valence electrons. The molecule has 1 unspecified atom stereocenters. The molecule has 0 aromatic rings. The fourth-order valence-electron chi connectivity index (χ4n) is 1.45. The van der Waals surface area contributed by atoms with Crippen molar-refractivity contribution in [1.29, 1.82) is 0 Å². The molecule has 1 atom stereocenters. The quantitative estimate of drug-likeness (QED) is 0.547. The first-order valence-electron chi connectivity index (χ1n) is 3.88. The zero-order valence-corrected chi connectivity index (χ0v) is 7.44. The Balaban J connectivity index is 2.84. The summed E-state index contributed by atoms with van der Waals surface area (Å²) >= 11 is 0. The van der Waals surface area contributed by atoms with E-state index in [0.717, 1.165) is 6.54 Å². The van der Waals surface area contributed by atoms with Gasteiger partial charge in [-0.05, 0) is 25.8 Å². The van der Waals surface area contributed by atoms with Crippen LogP contribution < -0.4 is 5.73 Å². The van der Waals surface area contributed by atoms with Gasteiger partial charge in [0.2, 0.25) is 0 Å². The predicted molar refractivity (Wildman–Crippen MR) is 43.6 cm³/mol. The predicted octanol–water partition coefficient (Wildman–Crippen LogP) is 1.02. The van der Waals surface area contributed by atoms with Crippen LogP contribution in [0.2, 0.25) is 0 Å². The maximum absolute atomic E-state index is 6.12. The maximum atomic E-state index is 6.12. The molecular weight excluding hydrogens is 124 g/mol. The number of likely N-dealkylation sites (tertiary alicyclic amines) is 1. The fraction of sp³-hybridized carbons (Fsp3) is 1.00. The van der Waals surface area contributed by atoms with Gasteiger partial charge in [0, 0.05) is 6.54 Å². The highest BCUT2D eigenvalue weighted by Crippen LogP contribution is 2.39.